The minimum atomic E-state index is -0.586. The molecule has 92 valence electrons. The van der Waals surface area contributed by atoms with Crippen LogP contribution in [0.5, 0.6) is 0 Å². The molecule has 0 aliphatic rings. The number of anilines is 1. The van der Waals surface area contributed by atoms with Gasteiger partial charge in [-0.05, 0) is 13.0 Å². The number of H-pyrrole nitrogens is 1. The first kappa shape index (κ1) is 11.8. The van der Waals surface area contributed by atoms with Crippen molar-refractivity contribution in [3.63, 3.8) is 0 Å². The van der Waals surface area contributed by atoms with Gasteiger partial charge in [-0.1, -0.05) is 12.1 Å². The number of hydrogen-bond acceptors (Lipinski definition) is 4. The van der Waals surface area contributed by atoms with Gasteiger partial charge in [-0.15, -0.1) is 0 Å². The fraction of sp³-hybridized carbons (Fsp3) is 0.0909. The molecule has 1 aromatic heterocycles. The van der Waals surface area contributed by atoms with E-state index in [4.69, 9.17) is 0 Å². The summed E-state index contributed by atoms with van der Waals surface area (Å²) in [6.45, 7) is 1.74. The monoisotopic (exact) mass is 246 g/mol. The number of rotatable bonds is 3. The van der Waals surface area contributed by atoms with Crippen LogP contribution in [0.2, 0.25) is 0 Å². The summed E-state index contributed by atoms with van der Waals surface area (Å²) in [7, 11) is 0. The Morgan fingerprint density at radius 2 is 2.17 bits per heavy atom. The molecule has 1 amide bonds. The van der Waals surface area contributed by atoms with Gasteiger partial charge in [0.25, 0.3) is 11.6 Å². The zero-order valence-corrected chi connectivity index (χ0v) is 9.51. The Kier molecular flexibility index (Phi) is 3.05. The van der Waals surface area contributed by atoms with Crippen molar-refractivity contribution in [2.24, 2.45) is 0 Å². The summed E-state index contributed by atoms with van der Waals surface area (Å²) >= 11 is 0. The Morgan fingerprint density at radius 3 is 2.78 bits per heavy atom. The normalized spacial score (nSPS) is 10.1. The average Bonchev–Trinajstić information content (AvgIpc) is 2.75. The summed E-state index contributed by atoms with van der Waals surface area (Å²) < 4.78 is 0. The SMILES string of the molecule is Cc1[nH]ncc1NC(=O)c1ccccc1[N+](=O)[O-]. The van der Waals surface area contributed by atoms with Gasteiger partial charge < -0.3 is 5.32 Å². The van der Waals surface area contributed by atoms with Gasteiger partial charge in [0.05, 0.1) is 22.5 Å². The van der Waals surface area contributed by atoms with E-state index < -0.39 is 10.8 Å². The van der Waals surface area contributed by atoms with Crippen LogP contribution >= 0.6 is 0 Å². The number of nitrogens with zero attached hydrogens (tertiary/aromatic N) is 2. The van der Waals surface area contributed by atoms with E-state index in [2.05, 4.69) is 15.5 Å². The zero-order valence-electron chi connectivity index (χ0n) is 9.51. The number of hydrogen-bond donors (Lipinski definition) is 2. The van der Waals surface area contributed by atoms with Crippen molar-refractivity contribution in [2.45, 2.75) is 6.92 Å². The molecule has 0 spiro atoms. The number of benzene rings is 1. The van der Waals surface area contributed by atoms with E-state index in [1.807, 2.05) is 0 Å². The van der Waals surface area contributed by atoms with Gasteiger partial charge in [-0.3, -0.25) is 20.0 Å². The molecule has 0 saturated heterocycles. The fourth-order valence-electron chi connectivity index (χ4n) is 1.49. The molecule has 2 rings (SSSR count). The molecule has 0 radical (unpaired) electrons. The molecule has 7 nitrogen and oxygen atoms in total. The number of carbonyl (C=O) groups excluding carboxylic acids is 1. The van der Waals surface area contributed by atoms with Gasteiger partial charge in [0.1, 0.15) is 5.56 Å². The van der Waals surface area contributed by atoms with Crippen LogP contribution in [0.15, 0.2) is 30.5 Å². The van der Waals surface area contributed by atoms with Crippen LogP contribution in [0.4, 0.5) is 11.4 Å². The number of para-hydroxylation sites is 1. The van der Waals surface area contributed by atoms with Crippen molar-refractivity contribution in [1.29, 1.82) is 0 Å². The highest BCUT2D eigenvalue weighted by Crippen LogP contribution is 2.19. The largest absolute Gasteiger partial charge is 0.319 e. The predicted octanol–water partition coefficient (Wildman–Crippen LogP) is 1.88. The number of amides is 1. The van der Waals surface area contributed by atoms with E-state index in [9.17, 15) is 14.9 Å². The Labute approximate surface area is 102 Å². The molecular formula is C11H10N4O3. The molecule has 0 bridgehead atoms. The first-order valence-corrected chi connectivity index (χ1v) is 5.14. The molecular weight excluding hydrogens is 236 g/mol. The third kappa shape index (κ3) is 2.19. The van der Waals surface area contributed by atoms with Crippen molar-refractivity contribution in [3.05, 3.63) is 51.8 Å². The van der Waals surface area contributed by atoms with Crippen molar-refractivity contribution in [2.75, 3.05) is 5.32 Å². The lowest BCUT2D eigenvalue weighted by atomic mass is 10.1. The van der Waals surface area contributed by atoms with Gasteiger partial charge in [0.15, 0.2) is 0 Å². The molecule has 18 heavy (non-hydrogen) atoms. The van der Waals surface area contributed by atoms with E-state index in [0.29, 0.717) is 11.4 Å². The first-order chi connectivity index (χ1) is 8.59. The maximum atomic E-state index is 11.9. The van der Waals surface area contributed by atoms with Crippen molar-refractivity contribution in [1.82, 2.24) is 10.2 Å². The lowest BCUT2D eigenvalue weighted by molar-refractivity contribution is -0.385. The van der Waals surface area contributed by atoms with Crippen LogP contribution in [0, 0.1) is 17.0 Å². The first-order valence-electron chi connectivity index (χ1n) is 5.14. The van der Waals surface area contributed by atoms with E-state index >= 15 is 0 Å². The van der Waals surface area contributed by atoms with E-state index in [-0.39, 0.29) is 11.3 Å². The summed E-state index contributed by atoms with van der Waals surface area (Å²) in [6.07, 6.45) is 1.45. The quantitative estimate of drug-likeness (QED) is 0.637. The maximum Gasteiger partial charge on any atom is 0.282 e. The predicted molar refractivity (Wildman–Crippen MR) is 64.4 cm³/mol. The molecule has 2 aromatic rings. The number of aromatic nitrogens is 2. The molecule has 1 aromatic carbocycles. The minimum absolute atomic E-state index is 0.0168. The van der Waals surface area contributed by atoms with Gasteiger partial charge >= 0.3 is 0 Å². The second-order valence-electron chi connectivity index (χ2n) is 3.64. The number of nitro groups is 1. The number of nitro benzene ring substituents is 1. The Balaban J connectivity index is 2.30. The summed E-state index contributed by atoms with van der Waals surface area (Å²) in [5.74, 6) is -0.535. The molecule has 7 heteroatoms. The molecule has 0 unspecified atom stereocenters. The molecule has 1 heterocycles. The fourth-order valence-corrected chi connectivity index (χ4v) is 1.49. The Bertz CT molecular complexity index is 606. The standard InChI is InChI=1S/C11H10N4O3/c1-7-9(6-12-14-7)13-11(16)8-4-2-3-5-10(8)15(17)18/h2-6H,1H3,(H,12,14)(H,13,16). The summed E-state index contributed by atoms with van der Waals surface area (Å²) in [5.41, 5.74) is 0.972. The van der Waals surface area contributed by atoms with Gasteiger partial charge in [-0.25, -0.2) is 0 Å². The zero-order chi connectivity index (χ0) is 13.1. The average molecular weight is 246 g/mol. The van der Waals surface area contributed by atoms with Crippen LogP contribution in [0.25, 0.3) is 0 Å². The van der Waals surface area contributed by atoms with Gasteiger partial charge in [0, 0.05) is 6.07 Å². The third-order valence-corrected chi connectivity index (χ3v) is 2.42. The number of nitrogens with one attached hydrogen (secondary N) is 2. The summed E-state index contributed by atoms with van der Waals surface area (Å²) in [4.78, 5) is 22.1. The smallest absolute Gasteiger partial charge is 0.282 e. The number of aryl methyl sites for hydroxylation is 1. The second-order valence-corrected chi connectivity index (χ2v) is 3.64. The van der Waals surface area contributed by atoms with Gasteiger partial charge in [-0.2, -0.15) is 5.10 Å². The Hall–Kier alpha value is -2.70. The van der Waals surface area contributed by atoms with Crippen LogP contribution in [0.1, 0.15) is 16.1 Å². The summed E-state index contributed by atoms with van der Waals surface area (Å²) in [6, 6.07) is 5.78. The topological polar surface area (TPSA) is 101 Å². The number of carbonyl (C=O) groups is 1. The van der Waals surface area contributed by atoms with Crippen molar-refractivity contribution in [3.8, 4) is 0 Å². The van der Waals surface area contributed by atoms with E-state index in [1.54, 1.807) is 13.0 Å². The molecule has 0 atom stereocenters. The van der Waals surface area contributed by atoms with Crippen molar-refractivity contribution < 1.29 is 9.72 Å². The maximum absolute atomic E-state index is 11.9. The lowest BCUT2D eigenvalue weighted by Gasteiger charge is -2.04. The van der Waals surface area contributed by atoms with E-state index in [1.165, 1.54) is 24.4 Å². The minimum Gasteiger partial charge on any atom is -0.319 e. The Morgan fingerprint density at radius 1 is 1.44 bits per heavy atom. The van der Waals surface area contributed by atoms with Crippen LogP contribution < -0.4 is 5.32 Å². The summed E-state index contributed by atoms with van der Waals surface area (Å²) in [5, 5.41) is 19.8. The molecule has 0 aliphatic heterocycles. The van der Waals surface area contributed by atoms with Crippen molar-refractivity contribution >= 4 is 17.3 Å². The molecule has 0 saturated carbocycles. The van der Waals surface area contributed by atoms with Crippen LogP contribution in [0.3, 0.4) is 0 Å². The highest BCUT2D eigenvalue weighted by Gasteiger charge is 2.19. The molecule has 2 N–H and O–H groups in total. The molecule has 0 fully saturated rings. The van der Waals surface area contributed by atoms with Crippen LogP contribution in [-0.2, 0) is 0 Å². The third-order valence-electron chi connectivity index (χ3n) is 2.42. The van der Waals surface area contributed by atoms with Gasteiger partial charge in [0.2, 0.25) is 0 Å². The van der Waals surface area contributed by atoms with Crippen LogP contribution in [-0.4, -0.2) is 21.0 Å². The lowest BCUT2D eigenvalue weighted by Crippen LogP contribution is -2.14. The second kappa shape index (κ2) is 4.66. The number of aromatic amines is 1. The molecule has 0 aliphatic carbocycles. The van der Waals surface area contributed by atoms with E-state index in [0.717, 1.165) is 0 Å². The highest BCUT2D eigenvalue weighted by atomic mass is 16.6. The highest BCUT2D eigenvalue weighted by molar-refractivity contribution is 6.07.